The number of aromatic hydroxyl groups is 1. The minimum Gasteiger partial charge on any atom is -0.506 e. The number of aromatic nitrogens is 3. The van der Waals surface area contributed by atoms with Crippen LogP contribution >= 0.6 is 0 Å². The maximum absolute atomic E-state index is 9.14. The Labute approximate surface area is 62.0 Å². The van der Waals surface area contributed by atoms with Crippen LogP contribution in [0.25, 0.3) is 11.0 Å². The molecule has 0 saturated carbocycles. The molecule has 0 radical (unpaired) electrons. The molecule has 0 aliphatic heterocycles. The fourth-order valence-electron chi connectivity index (χ4n) is 0.856. The molecule has 0 atom stereocenters. The van der Waals surface area contributed by atoms with Gasteiger partial charge in [0.25, 0.3) is 0 Å². The van der Waals surface area contributed by atoms with Gasteiger partial charge >= 0.3 is 0 Å². The number of fused-ring (bicyclic) bond motifs is 1. The summed E-state index contributed by atoms with van der Waals surface area (Å²) in [5.74, 6) is 0.159. The number of phenols is 1. The Kier molecular flexibility index (Phi) is 1.74. The van der Waals surface area contributed by atoms with Crippen molar-refractivity contribution in [2.24, 2.45) is 0 Å². The molecule has 5 nitrogen and oxygen atoms in total. The lowest BCUT2D eigenvalue weighted by Gasteiger charge is -1.87. The molecule has 0 aliphatic carbocycles. The molecule has 11 heavy (non-hydrogen) atoms. The predicted molar refractivity (Wildman–Crippen MR) is 39.2 cm³/mol. The van der Waals surface area contributed by atoms with Gasteiger partial charge in [-0.2, -0.15) is 0 Å². The van der Waals surface area contributed by atoms with E-state index in [1.165, 1.54) is 0 Å². The third-order valence-electron chi connectivity index (χ3n) is 1.34. The highest BCUT2D eigenvalue weighted by Crippen LogP contribution is 2.18. The maximum Gasteiger partial charge on any atom is 0.154 e. The monoisotopic (exact) mass is 153 g/mol. The smallest absolute Gasteiger partial charge is 0.154 e. The molecule has 0 bridgehead atoms. The Morgan fingerprint density at radius 1 is 1.36 bits per heavy atom. The van der Waals surface area contributed by atoms with Gasteiger partial charge in [-0.25, -0.2) is 0 Å². The van der Waals surface area contributed by atoms with Crippen LogP contribution in [-0.4, -0.2) is 26.0 Å². The van der Waals surface area contributed by atoms with Crippen LogP contribution in [0.15, 0.2) is 18.2 Å². The maximum atomic E-state index is 9.14. The number of phenolic OH excluding ortho intramolecular Hbond substituents is 1. The molecule has 0 spiro atoms. The van der Waals surface area contributed by atoms with Crippen LogP contribution < -0.4 is 0 Å². The van der Waals surface area contributed by atoms with E-state index in [0.717, 1.165) is 5.52 Å². The molecule has 0 unspecified atom stereocenters. The first-order valence-corrected chi connectivity index (χ1v) is 2.86. The van der Waals surface area contributed by atoms with E-state index in [4.69, 9.17) is 5.11 Å². The summed E-state index contributed by atoms with van der Waals surface area (Å²) >= 11 is 0. The van der Waals surface area contributed by atoms with E-state index in [2.05, 4.69) is 15.4 Å². The molecule has 2 aromatic rings. The first-order valence-electron chi connectivity index (χ1n) is 2.86. The largest absolute Gasteiger partial charge is 0.506 e. The van der Waals surface area contributed by atoms with Crippen LogP contribution in [0.2, 0.25) is 0 Å². The average Bonchev–Trinajstić information content (AvgIpc) is 2.36. The summed E-state index contributed by atoms with van der Waals surface area (Å²) in [6.07, 6.45) is 0. The van der Waals surface area contributed by atoms with E-state index < -0.39 is 0 Å². The van der Waals surface area contributed by atoms with Gasteiger partial charge in [0.2, 0.25) is 0 Å². The van der Waals surface area contributed by atoms with Crippen LogP contribution in [0, 0.1) is 0 Å². The van der Waals surface area contributed by atoms with Crippen molar-refractivity contribution in [3.05, 3.63) is 18.2 Å². The molecule has 5 heteroatoms. The van der Waals surface area contributed by atoms with Gasteiger partial charge in [0, 0.05) is 0 Å². The highest BCUT2D eigenvalue weighted by Gasteiger charge is 1.99. The molecule has 1 heterocycles. The van der Waals surface area contributed by atoms with Gasteiger partial charge in [-0.05, 0) is 12.1 Å². The third kappa shape index (κ3) is 1.01. The Balaban J connectivity index is 0.000000605. The molecular formula is C6H7N3O2. The zero-order valence-corrected chi connectivity index (χ0v) is 5.57. The SMILES string of the molecule is O.Oc1cccc2[nH]nnc12. The van der Waals surface area contributed by atoms with Gasteiger partial charge in [0.15, 0.2) is 5.52 Å². The van der Waals surface area contributed by atoms with Crippen molar-refractivity contribution in [3.63, 3.8) is 0 Å². The van der Waals surface area contributed by atoms with Gasteiger partial charge in [-0.1, -0.05) is 11.3 Å². The topological polar surface area (TPSA) is 93.3 Å². The third-order valence-corrected chi connectivity index (χ3v) is 1.34. The first-order chi connectivity index (χ1) is 4.88. The predicted octanol–water partition coefficient (Wildman–Crippen LogP) is -0.161. The second-order valence-corrected chi connectivity index (χ2v) is 1.99. The van der Waals surface area contributed by atoms with Crippen molar-refractivity contribution in [2.45, 2.75) is 0 Å². The van der Waals surface area contributed by atoms with Gasteiger partial charge in [0.1, 0.15) is 5.75 Å². The molecule has 0 aliphatic rings. The van der Waals surface area contributed by atoms with Crippen molar-refractivity contribution in [1.82, 2.24) is 15.4 Å². The molecule has 0 amide bonds. The molecule has 58 valence electrons. The zero-order valence-electron chi connectivity index (χ0n) is 5.57. The first kappa shape index (κ1) is 7.49. The van der Waals surface area contributed by atoms with Gasteiger partial charge in [-0.15, -0.1) is 5.10 Å². The van der Waals surface area contributed by atoms with Crippen LogP contribution in [0.4, 0.5) is 0 Å². The lowest BCUT2D eigenvalue weighted by Crippen LogP contribution is -1.68. The summed E-state index contributed by atoms with van der Waals surface area (Å²) in [6.45, 7) is 0. The molecule has 4 N–H and O–H groups in total. The molecule has 1 aromatic carbocycles. The molecule has 1 aromatic heterocycles. The van der Waals surface area contributed by atoms with E-state index in [0.29, 0.717) is 5.52 Å². The lowest BCUT2D eigenvalue weighted by atomic mass is 10.3. The highest BCUT2D eigenvalue weighted by molar-refractivity contribution is 5.79. The number of benzene rings is 1. The number of hydrogen-bond donors (Lipinski definition) is 2. The fourth-order valence-corrected chi connectivity index (χ4v) is 0.856. The Bertz CT molecular complexity index is 357. The van der Waals surface area contributed by atoms with Crippen molar-refractivity contribution in [3.8, 4) is 5.75 Å². The summed E-state index contributed by atoms with van der Waals surface area (Å²) in [4.78, 5) is 0. The van der Waals surface area contributed by atoms with Crippen molar-refractivity contribution < 1.29 is 10.6 Å². The summed E-state index contributed by atoms with van der Waals surface area (Å²) in [6, 6.07) is 5.11. The van der Waals surface area contributed by atoms with Crippen molar-refractivity contribution in [2.75, 3.05) is 0 Å². The van der Waals surface area contributed by atoms with Crippen LogP contribution in [-0.2, 0) is 0 Å². The van der Waals surface area contributed by atoms with Crippen molar-refractivity contribution >= 4 is 11.0 Å². The average molecular weight is 153 g/mol. The number of H-pyrrole nitrogens is 1. The number of nitrogens with one attached hydrogen (secondary N) is 1. The van der Waals surface area contributed by atoms with E-state index in [9.17, 15) is 0 Å². The van der Waals surface area contributed by atoms with Crippen LogP contribution in [0.1, 0.15) is 0 Å². The lowest BCUT2D eigenvalue weighted by molar-refractivity contribution is 0.480. The quantitative estimate of drug-likeness (QED) is 0.550. The summed E-state index contributed by atoms with van der Waals surface area (Å²) in [5.41, 5.74) is 1.27. The summed E-state index contributed by atoms with van der Waals surface area (Å²) < 4.78 is 0. The fraction of sp³-hybridized carbons (Fsp3) is 0. The standard InChI is InChI=1S/C6H5N3O.H2O/c10-5-3-1-2-4-6(5)8-9-7-4;/h1-3,10H,(H,7,8,9);1H2. The van der Waals surface area contributed by atoms with E-state index >= 15 is 0 Å². The normalized spacial score (nSPS) is 9.45. The zero-order chi connectivity index (χ0) is 6.97. The summed E-state index contributed by atoms with van der Waals surface area (Å²) in [5, 5.41) is 19.0. The Morgan fingerprint density at radius 2 is 2.18 bits per heavy atom. The minimum absolute atomic E-state index is 0. The van der Waals surface area contributed by atoms with E-state index in [1.54, 1.807) is 18.2 Å². The Morgan fingerprint density at radius 3 is 2.91 bits per heavy atom. The number of nitrogens with zero attached hydrogens (tertiary/aromatic N) is 2. The van der Waals surface area contributed by atoms with Gasteiger partial charge in [0.05, 0.1) is 5.52 Å². The molecule has 0 saturated heterocycles. The Hall–Kier alpha value is -1.62. The van der Waals surface area contributed by atoms with Crippen LogP contribution in [0.5, 0.6) is 5.75 Å². The number of hydrogen-bond acceptors (Lipinski definition) is 3. The molecular weight excluding hydrogens is 146 g/mol. The highest BCUT2D eigenvalue weighted by atomic mass is 16.3. The van der Waals surface area contributed by atoms with E-state index in [1.807, 2.05) is 0 Å². The second kappa shape index (κ2) is 2.55. The van der Waals surface area contributed by atoms with Gasteiger partial charge in [-0.3, -0.25) is 5.10 Å². The van der Waals surface area contributed by atoms with Crippen LogP contribution in [0.3, 0.4) is 0 Å². The molecule has 0 fully saturated rings. The van der Waals surface area contributed by atoms with E-state index in [-0.39, 0.29) is 11.2 Å². The number of aromatic amines is 1. The summed E-state index contributed by atoms with van der Waals surface area (Å²) in [7, 11) is 0. The second-order valence-electron chi connectivity index (χ2n) is 1.99. The van der Waals surface area contributed by atoms with Crippen molar-refractivity contribution in [1.29, 1.82) is 0 Å². The molecule has 2 rings (SSSR count). The number of rotatable bonds is 0. The minimum atomic E-state index is 0. The van der Waals surface area contributed by atoms with Gasteiger partial charge < -0.3 is 10.6 Å².